The van der Waals surface area contributed by atoms with E-state index in [1.807, 2.05) is 0 Å². The summed E-state index contributed by atoms with van der Waals surface area (Å²) in [4.78, 5) is 0. The molecule has 2 rings (SSSR count). The van der Waals surface area contributed by atoms with Crippen LogP contribution in [0, 0.1) is 11.6 Å². The molecular formula is C13H10BrF2NO. The van der Waals surface area contributed by atoms with Gasteiger partial charge in [0.15, 0.2) is 17.4 Å². The summed E-state index contributed by atoms with van der Waals surface area (Å²) in [5.41, 5.74) is 6.76. The summed E-state index contributed by atoms with van der Waals surface area (Å²) in [6, 6.07) is 8.90. The van der Waals surface area contributed by atoms with Gasteiger partial charge in [0.05, 0.1) is 10.2 Å². The Bertz CT molecular complexity index is 555. The van der Waals surface area contributed by atoms with E-state index in [4.69, 9.17) is 10.5 Å². The molecule has 2 N–H and O–H groups in total. The van der Waals surface area contributed by atoms with E-state index in [9.17, 15) is 8.78 Å². The number of hydrogen-bond donors (Lipinski definition) is 1. The van der Waals surface area contributed by atoms with Gasteiger partial charge in [-0.15, -0.1) is 0 Å². The minimum atomic E-state index is -0.892. The van der Waals surface area contributed by atoms with Crippen molar-refractivity contribution < 1.29 is 13.5 Å². The largest absolute Gasteiger partial charge is 0.486 e. The van der Waals surface area contributed by atoms with Gasteiger partial charge in [0.2, 0.25) is 0 Å². The highest BCUT2D eigenvalue weighted by molar-refractivity contribution is 9.10. The predicted octanol–water partition coefficient (Wildman–Crippen LogP) is 3.89. The first kappa shape index (κ1) is 12.8. The molecule has 0 amide bonds. The number of benzene rings is 2. The Hall–Kier alpha value is -1.62. The second-order valence-corrected chi connectivity index (χ2v) is 4.55. The third-order valence-corrected chi connectivity index (χ3v) is 2.99. The van der Waals surface area contributed by atoms with Crippen molar-refractivity contribution in [2.75, 3.05) is 5.73 Å². The zero-order valence-electron chi connectivity index (χ0n) is 9.29. The Morgan fingerprint density at radius 3 is 2.56 bits per heavy atom. The van der Waals surface area contributed by atoms with Gasteiger partial charge in [-0.1, -0.05) is 12.1 Å². The van der Waals surface area contributed by atoms with Gasteiger partial charge in [-0.05, 0) is 45.8 Å². The van der Waals surface area contributed by atoms with Crippen molar-refractivity contribution in [3.05, 3.63) is 58.1 Å². The lowest BCUT2D eigenvalue weighted by atomic mass is 10.2. The molecule has 2 nitrogen and oxygen atoms in total. The third kappa shape index (κ3) is 2.79. The van der Waals surface area contributed by atoms with Gasteiger partial charge in [-0.3, -0.25) is 0 Å². The standard InChI is InChI=1S/C13H10BrF2NO/c14-9-2-1-3-12(17)13(9)18-7-8-4-5-10(15)11(16)6-8/h1-6H,7,17H2. The van der Waals surface area contributed by atoms with Crippen LogP contribution in [0.1, 0.15) is 5.56 Å². The van der Waals surface area contributed by atoms with Crippen molar-refractivity contribution in [3.63, 3.8) is 0 Å². The van der Waals surface area contributed by atoms with E-state index in [0.29, 0.717) is 21.5 Å². The van der Waals surface area contributed by atoms with Gasteiger partial charge in [0, 0.05) is 0 Å². The molecule has 0 spiro atoms. The zero-order chi connectivity index (χ0) is 13.1. The highest BCUT2D eigenvalue weighted by Crippen LogP contribution is 2.31. The zero-order valence-corrected chi connectivity index (χ0v) is 10.9. The van der Waals surface area contributed by atoms with Gasteiger partial charge < -0.3 is 10.5 Å². The average molecular weight is 314 g/mol. The summed E-state index contributed by atoms with van der Waals surface area (Å²) in [5.74, 6) is -1.28. The van der Waals surface area contributed by atoms with E-state index >= 15 is 0 Å². The maximum absolute atomic E-state index is 13.0. The maximum atomic E-state index is 13.0. The monoisotopic (exact) mass is 313 g/mol. The first-order valence-electron chi connectivity index (χ1n) is 5.18. The second kappa shape index (κ2) is 5.35. The number of ether oxygens (including phenoxy) is 1. The van der Waals surface area contributed by atoms with Crippen LogP contribution in [0.2, 0.25) is 0 Å². The molecule has 2 aromatic rings. The predicted molar refractivity (Wildman–Crippen MR) is 69.2 cm³/mol. The number of anilines is 1. The van der Waals surface area contributed by atoms with Crippen LogP contribution in [0.5, 0.6) is 5.75 Å². The van der Waals surface area contributed by atoms with Gasteiger partial charge >= 0.3 is 0 Å². The van der Waals surface area contributed by atoms with Crippen molar-refractivity contribution in [2.45, 2.75) is 6.61 Å². The summed E-state index contributed by atoms with van der Waals surface area (Å²) < 4.78 is 31.9. The lowest BCUT2D eigenvalue weighted by Crippen LogP contribution is -2.00. The van der Waals surface area contributed by atoms with E-state index in [1.165, 1.54) is 6.07 Å². The van der Waals surface area contributed by atoms with Gasteiger partial charge in [-0.25, -0.2) is 8.78 Å². The summed E-state index contributed by atoms with van der Waals surface area (Å²) in [6.07, 6.45) is 0. The first-order valence-corrected chi connectivity index (χ1v) is 5.98. The minimum Gasteiger partial charge on any atom is -0.486 e. The normalized spacial score (nSPS) is 10.4. The van der Waals surface area contributed by atoms with Crippen LogP contribution in [-0.4, -0.2) is 0 Å². The molecule has 0 radical (unpaired) electrons. The van der Waals surface area contributed by atoms with Crippen molar-refractivity contribution in [1.82, 2.24) is 0 Å². The van der Waals surface area contributed by atoms with E-state index in [0.717, 1.165) is 12.1 Å². The molecule has 0 saturated heterocycles. The van der Waals surface area contributed by atoms with Gasteiger partial charge in [0.1, 0.15) is 6.61 Å². The highest BCUT2D eigenvalue weighted by atomic mass is 79.9. The van der Waals surface area contributed by atoms with Crippen LogP contribution in [0.3, 0.4) is 0 Å². The molecule has 18 heavy (non-hydrogen) atoms. The summed E-state index contributed by atoms with van der Waals surface area (Å²) >= 11 is 3.31. The molecule has 0 aromatic heterocycles. The molecule has 0 unspecified atom stereocenters. The smallest absolute Gasteiger partial charge is 0.159 e. The van der Waals surface area contributed by atoms with Crippen molar-refractivity contribution in [1.29, 1.82) is 0 Å². The number of para-hydroxylation sites is 1. The fourth-order valence-electron chi connectivity index (χ4n) is 1.46. The topological polar surface area (TPSA) is 35.2 Å². The van der Waals surface area contributed by atoms with Gasteiger partial charge in [0.25, 0.3) is 0 Å². The number of nitrogen functional groups attached to an aromatic ring is 1. The van der Waals surface area contributed by atoms with Crippen LogP contribution in [0.25, 0.3) is 0 Å². The van der Waals surface area contributed by atoms with Crippen LogP contribution in [0.4, 0.5) is 14.5 Å². The van der Waals surface area contributed by atoms with E-state index in [2.05, 4.69) is 15.9 Å². The minimum absolute atomic E-state index is 0.115. The van der Waals surface area contributed by atoms with Crippen LogP contribution < -0.4 is 10.5 Å². The Labute approximate surface area is 112 Å². The average Bonchev–Trinajstić information content (AvgIpc) is 2.33. The molecule has 94 valence electrons. The Morgan fingerprint density at radius 2 is 1.89 bits per heavy atom. The van der Waals surface area contributed by atoms with Crippen LogP contribution >= 0.6 is 15.9 Å². The van der Waals surface area contributed by atoms with Crippen molar-refractivity contribution in [2.24, 2.45) is 0 Å². The molecule has 5 heteroatoms. The first-order chi connectivity index (χ1) is 8.58. The molecular weight excluding hydrogens is 304 g/mol. The number of hydrogen-bond acceptors (Lipinski definition) is 2. The van der Waals surface area contributed by atoms with E-state index in [1.54, 1.807) is 18.2 Å². The molecule has 0 aliphatic rings. The Morgan fingerprint density at radius 1 is 1.11 bits per heavy atom. The van der Waals surface area contributed by atoms with Crippen molar-refractivity contribution >= 4 is 21.6 Å². The fourth-order valence-corrected chi connectivity index (χ4v) is 1.96. The van der Waals surface area contributed by atoms with Crippen molar-refractivity contribution in [3.8, 4) is 5.75 Å². The Kier molecular flexibility index (Phi) is 3.81. The molecule has 0 heterocycles. The van der Waals surface area contributed by atoms with Crippen LogP contribution in [-0.2, 0) is 6.61 Å². The third-order valence-electron chi connectivity index (χ3n) is 2.36. The molecule has 0 aliphatic heterocycles. The number of rotatable bonds is 3. The molecule has 0 bridgehead atoms. The molecule has 0 atom stereocenters. The quantitative estimate of drug-likeness (QED) is 0.873. The lowest BCUT2D eigenvalue weighted by molar-refractivity contribution is 0.305. The van der Waals surface area contributed by atoms with Gasteiger partial charge in [-0.2, -0.15) is 0 Å². The number of nitrogens with two attached hydrogens (primary N) is 1. The van der Waals surface area contributed by atoms with Crippen LogP contribution in [0.15, 0.2) is 40.9 Å². The highest BCUT2D eigenvalue weighted by Gasteiger charge is 2.07. The molecule has 0 saturated carbocycles. The second-order valence-electron chi connectivity index (χ2n) is 3.70. The van der Waals surface area contributed by atoms with E-state index < -0.39 is 11.6 Å². The molecule has 2 aromatic carbocycles. The van der Waals surface area contributed by atoms with E-state index in [-0.39, 0.29) is 6.61 Å². The lowest BCUT2D eigenvalue weighted by Gasteiger charge is -2.10. The molecule has 0 aliphatic carbocycles. The maximum Gasteiger partial charge on any atom is 0.159 e. The summed E-state index contributed by atoms with van der Waals surface area (Å²) in [6.45, 7) is 0.115. The Balaban J connectivity index is 2.14. The summed E-state index contributed by atoms with van der Waals surface area (Å²) in [7, 11) is 0. The number of halogens is 3. The SMILES string of the molecule is Nc1cccc(Br)c1OCc1ccc(F)c(F)c1. The fraction of sp³-hybridized carbons (Fsp3) is 0.0769. The molecule has 0 fully saturated rings. The summed E-state index contributed by atoms with van der Waals surface area (Å²) in [5, 5.41) is 0.